The molecular formula is C9H20N2. The molecule has 0 aromatic heterocycles. The third-order valence-electron chi connectivity index (χ3n) is 2.42. The van der Waals surface area contributed by atoms with E-state index >= 15 is 0 Å². The summed E-state index contributed by atoms with van der Waals surface area (Å²) in [6, 6.07) is 0.337. The van der Waals surface area contributed by atoms with E-state index < -0.39 is 6.98 Å². The Kier molecular flexibility index (Phi) is 2.05. The summed E-state index contributed by atoms with van der Waals surface area (Å²) in [5.74, 6) is 0.514. The van der Waals surface area contributed by atoms with Crippen LogP contribution in [0.2, 0.25) is 0 Å². The maximum absolute atomic E-state index is 7.23. The van der Waals surface area contributed by atoms with Crippen molar-refractivity contribution >= 4 is 0 Å². The first-order chi connectivity index (χ1) is 6.39. The summed E-state index contributed by atoms with van der Waals surface area (Å²) in [5, 5.41) is 0. The molecule has 0 radical (unpaired) electrons. The van der Waals surface area contributed by atoms with Crippen molar-refractivity contribution in [3.8, 4) is 0 Å². The normalized spacial score (nSPS) is 37.9. The van der Waals surface area contributed by atoms with Crippen LogP contribution in [-0.2, 0) is 0 Å². The molecule has 1 saturated carbocycles. The zero-order valence-corrected chi connectivity index (χ0v) is 7.21. The van der Waals surface area contributed by atoms with Gasteiger partial charge in [0.05, 0.1) is 0 Å². The van der Waals surface area contributed by atoms with Gasteiger partial charge in [-0.3, -0.25) is 0 Å². The van der Waals surface area contributed by atoms with Crippen LogP contribution < -0.4 is 5.73 Å². The minimum Gasteiger partial charge on any atom is -0.328 e. The number of hydrogen-bond donors (Lipinski definition) is 1. The number of hydrogen-bond acceptors (Lipinski definition) is 2. The molecule has 0 saturated heterocycles. The second kappa shape index (κ2) is 4.07. The Morgan fingerprint density at radius 2 is 2.09 bits per heavy atom. The van der Waals surface area contributed by atoms with Crippen molar-refractivity contribution < 1.29 is 4.11 Å². The first kappa shape index (κ1) is 5.55. The molecule has 1 aliphatic rings. The average Bonchev–Trinajstić information content (AvgIpc) is 2.07. The molecule has 2 heteroatoms. The van der Waals surface area contributed by atoms with Crippen LogP contribution >= 0.6 is 0 Å². The van der Waals surface area contributed by atoms with Crippen LogP contribution in [0.15, 0.2) is 0 Å². The Hall–Kier alpha value is -0.0800. The van der Waals surface area contributed by atoms with E-state index in [4.69, 9.17) is 9.85 Å². The highest BCUT2D eigenvalue weighted by atomic mass is 15.1. The Morgan fingerprint density at radius 3 is 2.64 bits per heavy atom. The zero-order chi connectivity index (χ0) is 10.8. The smallest absolute Gasteiger partial charge is 0.0394 e. The van der Waals surface area contributed by atoms with Crippen molar-refractivity contribution in [2.75, 3.05) is 20.6 Å². The fourth-order valence-electron chi connectivity index (χ4n) is 1.76. The Balaban J connectivity index is 2.31. The molecule has 0 atom stereocenters. The molecule has 0 aliphatic heterocycles. The molecule has 0 bridgehead atoms. The molecule has 2 N–H and O–H groups in total. The number of rotatable bonds is 2. The molecule has 2 nitrogen and oxygen atoms in total. The first-order valence-corrected chi connectivity index (χ1v) is 4.36. The Morgan fingerprint density at radius 1 is 1.45 bits per heavy atom. The summed E-state index contributed by atoms with van der Waals surface area (Å²) in [5.41, 5.74) is 5.79. The van der Waals surface area contributed by atoms with Gasteiger partial charge in [0.2, 0.25) is 0 Å². The van der Waals surface area contributed by atoms with Crippen molar-refractivity contribution in [2.24, 2.45) is 11.7 Å². The van der Waals surface area contributed by atoms with Gasteiger partial charge in [-0.05, 0) is 45.6 Å². The predicted molar refractivity (Wildman–Crippen MR) is 48.5 cm³/mol. The van der Waals surface area contributed by atoms with Crippen molar-refractivity contribution in [1.29, 1.82) is 0 Å². The minimum absolute atomic E-state index is 0.337. The fraction of sp³-hybridized carbons (Fsp3) is 1.00. The largest absolute Gasteiger partial charge is 0.328 e. The minimum atomic E-state index is -1.94. The number of nitrogens with two attached hydrogens (primary N) is 1. The summed E-state index contributed by atoms with van der Waals surface area (Å²) in [7, 11) is 1.67. The van der Waals surface area contributed by atoms with Gasteiger partial charge < -0.3 is 10.6 Å². The lowest BCUT2D eigenvalue weighted by molar-refractivity contribution is 0.250. The van der Waals surface area contributed by atoms with Gasteiger partial charge in [0.1, 0.15) is 0 Å². The van der Waals surface area contributed by atoms with E-state index in [1.165, 1.54) is 4.90 Å². The second-order valence-electron chi connectivity index (χ2n) is 3.66. The van der Waals surface area contributed by atoms with E-state index in [-0.39, 0.29) is 0 Å². The van der Waals surface area contributed by atoms with Crippen molar-refractivity contribution in [2.45, 2.75) is 31.7 Å². The van der Waals surface area contributed by atoms with Crippen LogP contribution in [0.4, 0.5) is 0 Å². The molecule has 0 spiro atoms. The van der Waals surface area contributed by atoms with Gasteiger partial charge in [0.15, 0.2) is 0 Å². The van der Waals surface area contributed by atoms with Gasteiger partial charge >= 0.3 is 0 Å². The van der Waals surface area contributed by atoms with E-state index in [0.717, 1.165) is 25.7 Å². The molecule has 1 aliphatic carbocycles. The number of nitrogens with zero attached hydrogens (tertiary/aromatic N) is 1. The third-order valence-corrected chi connectivity index (χ3v) is 2.42. The van der Waals surface area contributed by atoms with E-state index in [1.807, 2.05) is 0 Å². The predicted octanol–water partition coefficient (Wildman–Crippen LogP) is 1.07. The summed E-state index contributed by atoms with van der Waals surface area (Å²) < 4.78 is 21.7. The quantitative estimate of drug-likeness (QED) is 0.653. The standard InChI is InChI=1S/C9H20N2/c1-11(2)7-8-3-5-9(10)6-4-8/h8-9H,3-7,10H2,1-2H3/t8-,9-/i1D3. The highest BCUT2D eigenvalue weighted by Gasteiger charge is 2.18. The topological polar surface area (TPSA) is 29.3 Å². The van der Waals surface area contributed by atoms with Crippen molar-refractivity contribution in [1.82, 2.24) is 4.90 Å². The molecule has 0 unspecified atom stereocenters. The molecule has 0 aromatic rings. The zero-order valence-electron chi connectivity index (χ0n) is 10.2. The molecule has 0 heterocycles. The lowest BCUT2D eigenvalue weighted by atomic mass is 9.86. The van der Waals surface area contributed by atoms with Crippen LogP contribution in [0.25, 0.3) is 0 Å². The molecule has 66 valence electrons. The maximum Gasteiger partial charge on any atom is 0.0394 e. The molecule has 11 heavy (non-hydrogen) atoms. The van der Waals surface area contributed by atoms with Crippen LogP contribution in [-0.4, -0.2) is 31.5 Å². The third kappa shape index (κ3) is 3.21. The Bertz CT molecular complexity index is 173. The van der Waals surface area contributed by atoms with Crippen LogP contribution in [0.1, 0.15) is 29.8 Å². The summed E-state index contributed by atoms with van der Waals surface area (Å²) in [6.45, 7) is -1.28. The van der Waals surface area contributed by atoms with E-state index in [1.54, 1.807) is 7.05 Å². The van der Waals surface area contributed by atoms with E-state index in [2.05, 4.69) is 0 Å². The van der Waals surface area contributed by atoms with Gasteiger partial charge in [-0.15, -0.1) is 0 Å². The van der Waals surface area contributed by atoms with Gasteiger partial charge in [-0.25, -0.2) is 0 Å². The highest BCUT2D eigenvalue weighted by Crippen LogP contribution is 2.23. The Labute approximate surface area is 74.0 Å². The van der Waals surface area contributed by atoms with E-state index in [9.17, 15) is 0 Å². The molecule has 1 fully saturated rings. The van der Waals surface area contributed by atoms with Crippen LogP contribution in [0, 0.1) is 5.92 Å². The first-order valence-electron chi connectivity index (χ1n) is 5.86. The van der Waals surface area contributed by atoms with Crippen molar-refractivity contribution in [3.63, 3.8) is 0 Å². The lowest BCUT2D eigenvalue weighted by Gasteiger charge is -2.28. The van der Waals surface area contributed by atoms with Gasteiger partial charge in [-0.1, -0.05) is 0 Å². The van der Waals surface area contributed by atoms with Gasteiger partial charge in [-0.2, -0.15) is 0 Å². The monoisotopic (exact) mass is 159 g/mol. The molecule has 0 aromatic carbocycles. The summed E-state index contributed by atoms with van der Waals surface area (Å²) >= 11 is 0. The average molecular weight is 159 g/mol. The highest BCUT2D eigenvalue weighted by molar-refractivity contribution is 4.75. The SMILES string of the molecule is [2H]C([2H])([2H])N(C)C[C@H]1CC[C@H](N)CC1. The summed E-state index contributed by atoms with van der Waals surface area (Å²) in [6.07, 6.45) is 4.22. The van der Waals surface area contributed by atoms with Gasteiger partial charge in [0.25, 0.3) is 0 Å². The van der Waals surface area contributed by atoms with E-state index in [0.29, 0.717) is 18.5 Å². The second-order valence-corrected chi connectivity index (χ2v) is 3.66. The fourth-order valence-corrected chi connectivity index (χ4v) is 1.76. The maximum atomic E-state index is 7.23. The molecule has 1 rings (SSSR count). The summed E-state index contributed by atoms with van der Waals surface area (Å²) in [4.78, 5) is 1.47. The van der Waals surface area contributed by atoms with Crippen LogP contribution in [0.3, 0.4) is 0 Å². The van der Waals surface area contributed by atoms with Crippen LogP contribution in [0.5, 0.6) is 0 Å². The molecule has 0 amide bonds. The van der Waals surface area contributed by atoms with Gasteiger partial charge in [0, 0.05) is 16.7 Å². The van der Waals surface area contributed by atoms with Crippen molar-refractivity contribution in [3.05, 3.63) is 0 Å². The molecular weight excluding hydrogens is 136 g/mol. The lowest BCUT2D eigenvalue weighted by Crippen LogP contribution is -2.31.